The highest BCUT2D eigenvalue weighted by molar-refractivity contribution is 5.75. The smallest absolute Gasteiger partial charge is 0.150 e. The van der Waals surface area contributed by atoms with Gasteiger partial charge in [-0.15, -0.1) is 0 Å². The average molecular weight is 266 g/mol. The van der Waals surface area contributed by atoms with E-state index in [2.05, 4.69) is 6.92 Å². The molecule has 0 radical (unpaired) electrons. The minimum Gasteiger partial charge on any atom is -0.493 e. The maximum Gasteiger partial charge on any atom is 0.150 e. The SMILES string of the molecule is CCCCCCCCCOc1cc(F)cc(C=O)c1. The van der Waals surface area contributed by atoms with Crippen LogP contribution < -0.4 is 4.74 Å². The van der Waals surface area contributed by atoms with Crippen molar-refractivity contribution in [3.8, 4) is 5.75 Å². The van der Waals surface area contributed by atoms with Gasteiger partial charge in [0.1, 0.15) is 17.9 Å². The number of carbonyl (C=O) groups excluding carboxylic acids is 1. The zero-order chi connectivity index (χ0) is 13.9. The van der Waals surface area contributed by atoms with E-state index in [0.717, 1.165) is 12.8 Å². The van der Waals surface area contributed by atoms with Crippen molar-refractivity contribution in [2.75, 3.05) is 6.61 Å². The first-order valence-corrected chi connectivity index (χ1v) is 7.15. The monoisotopic (exact) mass is 266 g/mol. The molecule has 0 N–H and O–H groups in total. The first-order valence-electron chi connectivity index (χ1n) is 7.15. The van der Waals surface area contributed by atoms with E-state index in [1.807, 2.05) is 0 Å². The van der Waals surface area contributed by atoms with E-state index in [0.29, 0.717) is 24.2 Å². The standard InChI is InChI=1S/C16H23FO2/c1-2-3-4-5-6-7-8-9-19-16-11-14(13-18)10-15(17)12-16/h10-13H,2-9H2,1H3. The van der Waals surface area contributed by atoms with Gasteiger partial charge < -0.3 is 4.74 Å². The van der Waals surface area contributed by atoms with Gasteiger partial charge in [0.15, 0.2) is 0 Å². The predicted molar refractivity (Wildman–Crippen MR) is 75.3 cm³/mol. The van der Waals surface area contributed by atoms with Crippen LogP contribution in [0.3, 0.4) is 0 Å². The van der Waals surface area contributed by atoms with Gasteiger partial charge in [0.2, 0.25) is 0 Å². The van der Waals surface area contributed by atoms with Crippen LogP contribution in [0.5, 0.6) is 5.75 Å². The van der Waals surface area contributed by atoms with E-state index in [4.69, 9.17) is 4.74 Å². The number of carbonyl (C=O) groups is 1. The summed E-state index contributed by atoms with van der Waals surface area (Å²) in [7, 11) is 0. The first kappa shape index (κ1) is 15.7. The topological polar surface area (TPSA) is 26.3 Å². The molecule has 0 saturated carbocycles. The molecule has 0 aliphatic rings. The zero-order valence-corrected chi connectivity index (χ0v) is 11.7. The number of ether oxygens (including phenoxy) is 1. The summed E-state index contributed by atoms with van der Waals surface area (Å²) in [6.45, 7) is 2.79. The van der Waals surface area contributed by atoms with Gasteiger partial charge in [-0.25, -0.2) is 4.39 Å². The van der Waals surface area contributed by atoms with Gasteiger partial charge in [0, 0.05) is 11.6 Å². The number of hydrogen-bond acceptors (Lipinski definition) is 2. The van der Waals surface area contributed by atoms with Crippen molar-refractivity contribution in [3.05, 3.63) is 29.6 Å². The van der Waals surface area contributed by atoms with Crippen molar-refractivity contribution in [1.29, 1.82) is 0 Å². The van der Waals surface area contributed by atoms with Crippen LogP contribution in [0.15, 0.2) is 18.2 Å². The molecule has 0 aliphatic heterocycles. The molecular formula is C16H23FO2. The molecule has 0 spiro atoms. The van der Waals surface area contributed by atoms with Crippen LogP contribution in [-0.4, -0.2) is 12.9 Å². The number of aldehydes is 1. The van der Waals surface area contributed by atoms with E-state index in [1.54, 1.807) is 6.07 Å². The second-order valence-electron chi connectivity index (χ2n) is 4.81. The molecular weight excluding hydrogens is 243 g/mol. The van der Waals surface area contributed by atoms with E-state index in [9.17, 15) is 9.18 Å². The normalized spacial score (nSPS) is 10.4. The Kier molecular flexibility index (Phi) is 7.87. The molecule has 0 atom stereocenters. The summed E-state index contributed by atoms with van der Waals surface area (Å²) in [4.78, 5) is 10.6. The Morgan fingerprint density at radius 2 is 1.74 bits per heavy atom. The third-order valence-electron chi connectivity index (χ3n) is 3.05. The summed E-state index contributed by atoms with van der Waals surface area (Å²) < 4.78 is 18.6. The lowest BCUT2D eigenvalue weighted by Gasteiger charge is -2.07. The molecule has 0 amide bonds. The molecule has 0 fully saturated rings. The minimum absolute atomic E-state index is 0.314. The number of unbranched alkanes of at least 4 members (excludes halogenated alkanes) is 6. The van der Waals surface area contributed by atoms with Gasteiger partial charge in [-0.05, 0) is 18.6 Å². The van der Waals surface area contributed by atoms with Crippen molar-refractivity contribution >= 4 is 6.29 Å². The summed E-state index contributed by atoms with van der Waals surface area (Å²) in [6.07, 6.45) is 9.14. The van der Waals surface area contributed by atoms with E-state index < -0.39 is 5.82 Å². The largest absolute Gasteiger partial charge is 0.493 e. The molecule has 0 unspecified atom stereocenters. The Hall–Kier alpha value is -1.38. The number of rotatable bonds is 10. The molecule has 19 heavy (non-hydrogen) atoms. The fourth-order valence-corrected chi connectivity index (χ4v) is 1.98. The van der Waals surface area contributed by atoms with Crippen LogP contribution in [0.25, 0.3) is 0 Å². The lowest BCUT2D eigenvalue weighted by Crippen LogP contribution is -1.98. The Morgan fingerprint density at radius 1 is 1.05 bits per heavy atom. The molecule has 2 nitrogen and oxygen atoms in total. The van der Waals surface area contributed by atoms with Gasteiger partial charge in [0.25, 0.3) is 0 Å². The van der Waals surface area contributed by atoms with Crippen molar-refractivity contribution in [3.63, 3.8) is 0 Å². The molecule has 0 aliphatic carbocycles. The molecule has 3 heteroatoms. The second kappa shape index (κ2) is 9.54. The van der Waals surface area contributed by atoms with Crippen molar-refractivity contribution in [1.82, 2.24) is 0 Å². The molecule has 0 heterocycles. The quantitative estimate of drug-likeness (QED) is 0.450. The summed E-state index contributed by atoms with van der Waals surface area (Å²) >= 11 is 0. The summed E-state index contributed by atoms with van der Waals surface area (Å²) in [5.74, 6) is 0.00671. The summed E-state index contributed by atoms with van der Waals surface area (Å²) in [5.41, 5.74) is 0.314. The Bertz CT molecular complexity index is 377. The van der Waals surface area contributed by atoms with Gasteiger partial charge in [-0.2, -0.15) is 0 Å². The van der Waals surface area contributed by atoms with Gasteiger partial charge in [0.05, 0.1) is 6.61 Å². The highest BCUT2D eigenvalue weighted by atomic mass is 19.1. The highest BCUT2D eigenvalue weighted by Crippen LogP contribution is 2.16. The number of hydrogen-bond donors (Lipinski definition) is 0. The predicted octanol–water partition coefficient (Wildman–Crippen LogP) is 4.77. The molecule has 0 saturated heterocycles. The first-order chi connectivity index (χ1) is 9.26. The van der Waals surface area contributed by atoms with E-state index >= 15 is 0 Å². The fraction of sp³-hybridized carbons (Fsp3) is 0.562. The third-order valence-corrected chi connectivity index (χ3v) is 3.05. The summed E-state index contributed by atoms with van der Waals surface area (Å²) in [5, 5.41) is 0. The van der Waals surface area contributed by atoms with Crippen LogP contribution in [0, 0.1) is 5.82 Å². The fourth-order valence-electron chi connectivity index (χ4n) is 1.98. The average Bonchev–Trinajstić information content (AvgIpc) is 2.41. The van der Waals surface area contributed by atoms with E-state index in [-0.39, 0.29) is 0 Å². The van der Waals surface area contributed by atoms with E-state index in [1.165, 1.54) is 44.2 Å². The molecule has 1 rings (SSSR count). The van der Waals surface area contributed by atoms with Crippen molar-refractivity contribution in [2.24, 2.45) is 0 Å². The Labute approximate surface area is 115 Å². The van der Waals surface area contributed by atoms with Crippen LogP contribution in [0.4, 0.5) is 4.39 Å². The Balaban J connectivity index is 2.15. The maximum atomic E-state index is 13.1. The molecule has 1 aromatic carbocycles. The second-order valence-corrected chi connectivity index (χ2v) is 4.81. The van der Waals surface area contributed by atoms with Crippen LogP contribution in [-0.2, 0) is 0 Å². The Morgan fingerprint density at radius 3 is 2.42 bits per heavy atom. The maximum absolute atomic E-state index is 13.1. The van der Waals surface area contributed by atoms with Gasteiger partial charge in [-0.3, -0.25) is 4.79 Å². The lowest BCUT2D eigenvalue weighted by molar-refractivity contribution is 0.112. The zero-order valence-electron chi connectivity index (χ0n) is 11.7. The molecule has 0 aromatic heterocycles. The highest BCUT2D eigenvalue weighted by Gasteiger charge is 2.01. The van der Waals surface area contributed by atoms with Crippen LogP contribution in [0.1, 0.15) is 62.2 Å². The van der Waals surface area contributed by atoms with Crippen molar-refractivity contribution < 1.29 is 13.9 Å². The number of halogens is 1. The van der Waals surface area contributed by atoms with Gasteiger partial charge >= 0.3 is 0 Å². The third kappa shape index (κ3) is 6.94. The molecule has 106 valence electrons. The van der Waals surface area contributed by atoms with Crippen LogP contribution >= 0.6 is 0 Å². The summed E-state index contributed by atoms with van der Waals surface area (Å²) in [6, 6.07) is 4.08. The minimum atomic E-state index is -0.431. The molecule has 1 aromatic rings. The number of benzene rings is 1. The van der Waals surface area contributed by atoms with Crippen molar-refractivity contribution in [2.45, 2.75) is 51.9 Å². The molecule has 0 bridgehead atoms. The van der Waals surface area contributed by atoms with Crippen LogP contribution in [0.2, 0.25) is 0 Å². The lowest BCUT2D eigenvalue weighted by atomic mass is 10.1. The van der Waals surface area contributed by atoms with Gasteiger partial charge in [-0.1, -0.05) is 45.4 Å².